The summed E-state index contributed by atoms with van der Waals surface area (Å²) in [5, 5.41) is 3.07. The van der Waals surface area contributed by atoms with Gasteiger partial charge in [0.15, 0.2) is 0 Å². The maximum Gasteiger partial charge on any atom is 0.333 e. The molecule has 0 aromatic rings. The van der Waals surface area contributed by atoms with Crippen molar-refractivity contribution in [3.05, 3.63) is 24.3 Å². The van der Waals surface area contributed by atoms with Gasteiger partial charge in [0.1, 0.15) is 0 Å². The van der Waals surface area contributed by atoms with Crippen LogP contribution in [0.2, 0.25) is 0 Å². The lowest BCUT2D eigenvalue weighted by Gasteiger charge is -2.39. The van der Waals surface area contributed by atoms with Crippen molar-refractivity contribution in [3.63, 3.8) is 0 Å². The predicted octanol–water partition coefficient (Wildman–Crippen LogP) is 2.12. The second-order valence-electron chi connectivity index (χ2n) is 5.93. The van der Waals surface area contributed by atoms with Gasteiger partial charge < -0.3 is 14.8 Å². The lowest BCUT2D eigenvalue weighted by Crippen LogP contribution is -2.53. The number of rotatable bonds is 4. The van der Waals surface area contributed by atoms with Crippen LogP contribution in [0.15, 0.2) is 24.3 Å². The van der Waals surface area contributed by atoms with Crippen molar-refractivity contribution in [2.45, 2.75) is 57.3 Å². The second kappa shape index (κ2) is 7.58. The van der Waals surface area contributed by atoms with Gasteiger partial charge in [-0.2, -0.15) is 0 Å². The van der Waals surface area contributed by atoms with Crippen molar-refractivity contribution >= 4 is 11.9 Å². The molecule has 2 rings (SSSR count). The van der Waals surface area contributed by atoms with Gasteiger partial charge >= 0.3 is 5.97 Å². The van der Waals surface area contributed by atoms with E-state index in [1.165, 1.54) is 7.11 Å². The molecule has 1 N–H and O–H groups in total. The third-order valence-corrected chi connectivity index (χ3v) is 4.45. The highest BCUT2D eigenvalue weighted by molar-refractivity contribution is 5.89. The minimum atomic E-state index is -0.322. The number of hydrogen-bond acceptors (Lipinski definition) is 4. The summed E-state index contributed by atoms with van der Waals surface area (Å²) in [6.45, 7) is 5.84. The van der Waals surface area contributed by atoms with Gasteiger partial charge in [-0.15, -0.1) is 6.58 Å². The average Bonchev–Trinajstić information content (AvgIpc) is 2.51. The molecule has 1 heterocycles. The third-order valence-electron chi connectivity index (χ3n) is 4.45. The number of methoxy groups -OCH3 is 1. The van der Waals surface area contributed by atoms with Gasteiger partial charge in [0.05, 0.1) is 25.4 Å². The van der Waals surface area contributed by atoms with Crippen molar-refractivity contribution in [3.8, 4) is 0 Å². The van der Waals surface area contributed by atoms with E-state index in [4.69, 9.17) is 9.47 Å². The molecular weight excluding hydrogens is 282 g/mol. The highest BCUT2D eigenvalue weighted by Crippen LogP contribution is 2.32. The van der Waals surface area contributed by atoms with Crippen LogP contribution in [0.25, 0.3) is 0 Å². The van der Waals surface area contributed by atoms with E-state index in [9.17, 15) is 9.59 Å². The topological polar surface area (TPSA) is 64.6 Å². The summed E-state index contributed by atoms with van der Waals surface area (Å²) in [4.78, 5) is 24.0. The van der Waals surface area contributed by atoms with E-state index >= 15 is 0 Å². The molecule has 0 spiro atoms. The molecule has 122 valence electrons. The SMILES string of the molecule is C=CC[C@H]1CC(C(=O)OC)=C[C@H]2OC(CC)CCC(=O)N[C@H]12. The van der Waals surface area contributed by atoms with Crippen molar-refractivity contribution in [2.24, 2.45) is 5.92 Å². The quantitative estimate of drug-likeness (QED) is 0.638. The van der Waals surface area contributed by atoms with Crippen molar-refractivity contribution in [1.29, 1.82) is 0 Å². The van der Waals surface area contributed by atoms with Crippen LogP contribution in [-0.4, -0.2) is 37.2 Å². The fourth-order valence-corrected chi connectivity index (χ4v) is 3.24. The van der Waals surface area contributed by atoms with Gasteiger partial charge in [0.2, 0.25) is 5.91 Å². The Kier molecular flexibility index (Phi) is 5.77. The first-order valence-electron chi connectivity index (χ1n) is 7.93. The molecule has 0 saturated carbocycles. The Labute approximate surface area is 131 Å². The van der Waals surface area contributed by atoms with E-state index in [0.29, 0.717) is 24.8 Å². The molecule has 1 fully saturated rings. The van der Waals surface area contributed by atoms with Gasteiger partial charge in [-0.25, -0.2) is 4.79 Å². The smallest absolute Gasteiger partial charge is 0.333 e. The Hall–Kier alpha value is -1.62. The molecule has 1 aliphatic heterocycles. The van der Waals surface area contributed by atoms with Crippen LogP contribution in [0.1, 0.15) is 39.0 Å². The van der Waals surface area contributed by atoms with Crippen molar-refractivity contribution < 1.29 is 19.1 Å². The number of esters is 1. The number of ether oxygens (including phenoxy) is 2. The molecule has 0 aromatic carbocycles. The number of allylic oxidation sites excluding steroid dienone is 1. The number of carbonyl (C=O) groups is 2. The van der Waals surface area contributed by atoms with Gasteiger partial charge in [-0.05, 0) is 37.7 Å². The average molecular weight is 307 g/mol. The molecule has 0 radical (unpaired) electrons. The number of nitrogens with one attached hydrogen (secondary N) is 1. The number of hydrogen-bond donors (Lipinski definition) is 1. The highest BCUT2D eigenvalue weighted by Gasteiger charge is 2.38. The summed E-state index contributed by atoms with van der Waals surface area (Å²) in [7, 11) is 1.38. The molecular formula is C17H25NO4. The lowest BCUT2D eigenvalue weighted by atomic mass is 9.80. The molecule has 1 amide bonds. The molecule has 1 unspecified atom stereocenters. The molecule has 0 bridgehead atoms. The van der Waals surface area contributed by atoms with Crippen LogP contribution in [0.5, 0.6) is 0 Å². The Balaban J connectivity index is 2.30. The Morgan fingerprint density at radius 2 is 2.36 bits per heavy atom. The first-order valence-corrected chi connectivity index (χ1v) is 7.93. The monoisotopic (exact) mass is 307 g/mol. The lowest BCUT2D eigenvalue weighted by molar-refractivity contribution is -0.137. The van der Waals surface area contributed by atoms with E-state index in [2.05, 4.69) is 11.9 Å². The normalized spacial score (nSPS) is 31.9. The van der Waals surface area contributed by atoms with E-state index in [0.717, 1.165) is 12.8 Å². The summed E-state index contributed by atoms with van der Waals surface area (Å²) in [6, 6.07) is -0.117. The zero-order chi connectivity index (χ0) is 16.1. The number of carbonyl (C=O) groups excluding carboxylic acids is 2. The van der Waals surface area contributed by atoms with E-state index in [-0.39, 0.29) is 36.0 Å². The minimum Gasteiger partial charge on any atom is -0.466 e. The van der Waals surface area contributed by atoms with Gasteiger partial charge in [0.25, 0.3) is 0 Å². The fourth-order valence-electron chi connectivity index (χ4n) is 3.24. The predicted molar refractivity (Wildman–Crippen MR) is 83.1 cm³/mol. The Bertz CT molecular complexity index is 471. The number of amides is 1. The first-order chi connectivity index (χ1) is 10.6. The van der Waals surface area contributed by atoms with Crippen LogP contribution in [0.3, 0.4) is 0 Å². The Morgan fingerprint density at radius 3 is 3.00 bits per heavy atom. The molecule has 5 heteroatoms. The molecule has 4 atom stereocenters. The second-order valence-corrected chi connectivity index (χ2v) is 5.93. The van der Waals surface area contributed by atoms with Gasteiger partial charge in [0, 0.05) is 12.0 Å². The third kappa shape index (κ3) is 3.77. The summed E-state index contributed by atoms with van der Waals surface area (Å²) >= 11 is 0. The van der Waals surface area contributed by atoms with Gasteiger partial charge in [-0.1, -0.05) is 13.0 Å². The molecule has 0 aromatic heterocycles. The molecule has 5 nitrogen and oxygen atoms in total. The van der Waals surface area contributed by atoms with Gasteiger partial charge in [-0.3, -0.25) is 4.79 Å². The van der Waals surface area contributed by atoms with Crippen LogP contribution in [-0.2, 0) is 19.1 Å². The zero-order valence-electron chi connectivity index (χ0n) is 13.3. The fraction of sp³-hybridized carbons (Fsp3) is 0.647. The van der Waals surface area contributed by atoms with Crippen LogP contribution in [0, 0.1) is 5.92 Å². The van der Waals surface area contributed by atoms with Crippen LogP contribution >= 0.6 is 0 Å². The van der Waals surface area contributed by atoms with Crippen molar-refractivity contribution in [2.75, 3.05) is 7.11 Å². The van der Waals surface area contributed by atoms with Crippen LogP contribution < -0.4 is 5.32 Å². The highest BCUT2D eigenvalue weighted by atomic mass is 16.5. The van der Waals surface area contributed by atoms with E-state index < -0.39 is 0 Å². The van der Waals surface area contributed by atoms with Crippen molar-refractivity contribution in [1.82, 2.24) is 5.32 Å². The molecule has 1 aliphatic carbocycles. The largest absolute Gasteiger partial charge is 0.466 e. The Morgan fingerprint density at radius 1 is 1.59 bits per heavy atom. The minimum absolute atomic E-state index is 0.0381. The van der Waals surface area contributed by atoms with Crippen LogP contribution in [0.4, 0.5) is 0 Å². The molecule has 22 heavy (non-hydrogen) atoms. The zero-order valence-corrected chi connectivity index (χ0v) is 13.3. The van der Waals surface area contributed by atoms with E-state index in [1.807, 2.05) is 19.1 Å². The summed E-state index contributed by atoms with van der Waals surface area (Å²) in [5.74, 6) is -0.167. The first kappa shape index (κ1) is 16.7. The molecule has 1 saturated heterocycles. The maximum atomic E-state index is 12.1. The standard InChI is InChI=1S/C17H25NO4/c1-4-6-11-9-12(17(20)21-3)10-14-16(11)18-15(19)8-7-13(5-2)22-14/h4,10-11,13-14,16H,1,5-9H2,2-3H3,(H,18,19)/t11-,13?,14+,16+/m0/s1. The number of fused-ring (bicyclic) bond motifs is 1. The maximum absolute atomic E-state index is 12.1. The summed E-state index contributed by atoms with van der Waals surface area (Å²) < 4.78 is 11.0. The molecule has 2 aliphatic rings. The summed E-state index contributed by atoms with van der Waals surface area (Å²) in [6.07, 6.45) is 6.72. The summed E-state index contributed by atoms with van der Waals surface area (Å²) in [5.41, 5.74) is 0.625. The van der Waals surface area contributed by atoms with E-state index in [1.54, 1.807) is 0 Å².